The molecule has 0 saturated carbocycles. The van der Waals surface area contributed by atoms with E-state index in [1.165, 1.54) is 56.6 Å². The van der Waals surface area contributed by atoms with E-state index in [4.69, 9.17) is 11.6 Å². The number of halogens is 1. The van der Waals surface area contributed by atoms with Gasteiger partial charge in [-0.15, -0.1) is 0 Å². The van der Waals surface area contributed by atoms with Crippen LogP contribution in [0, 0.1) is 0 Å². The van der Waals surface area contributed by atoms with Gasteiger partial charge >= 0.3 is 0 Å². The number of nitrogens with zero attached hydrogens (tertiary/aromatic N) is 3. The highest BCUT2D eigenvalue weighted by atomic mass is 35.5. The molecule has 4 rings (SSSR count). The number of likely N-dealkylation sites (tertiary alicyclic amines) is 1. The molecule has 2 aromatic rings. The summed E-state index contributed by atoms with van der Waals surface area (Å²) in [5, 5.41) is 0.865. The largest absolute Gasteiger partial charge is 0.302 e. The first-order chi connectivity index (χ1) is 13.8. The van der Waals surface area contributed by atoms with E-state index in [0.717, 1.165) is 31.2 Å². The summed E-state index contributed by atoms with van der Waals surface area (Å²) >= 11 is 6.61. The topological polar surface area (TPSA) is 9.72 Å². The van der Waals surface area contributed by atoms with Crippen LogP contribution in [0.3, 0.4) is 0 Å². The average Bonchev–Trinajstić information content (AvgIpc) is 2.76. The summed E-state index contributed by atoms with van der Waals surface area (Å²) in [4.78, 5) is 7.89. The molecule has 2 heterocycles. The molecule has 0 amide bonds. The van der Waals surface area contributed by atoms with Gasteiger partial charge in [-0.3, -0.25) is 9.80 Å². The predicted molar refractivity (Wildman–Crippen MR) is 118 cm³/mol. The van der Waals surface area contributed by atoms with Crippen molar-refractivity contribution < 1.29 is 0 Å². The molecule has 1 atom stereocenters. The zero-order valence-electron chi connectivity index (χ0n) is 16.8. The van der Waals surface area contributed by atoms with Crippen LogP contribution in [-0.2, 0) is 0 Å². The Hall–Kier alpha value is -1.39. The fraction of sp³-hybridized carbons (Fsp3) is 0.500. The van der Waals surface area contributed by atoms with Gasteiger partial charge in [0.25, 0.3) is 0 Å². The van der Waals surface area contributed by atoms with Crippen molar-refractivity contribution >= 4 is 11.6 Å². The molecule has 0 aliphatic carbocycles. The van der Waals surface area contributed by atoms with Crippen LogP contribution in [0.15, 0.2) is 54.6 Å². The number of piperazine rings is 1. The van der Waals surface area contributed by atoms with Crippen molar-refractivity contribution in [2.45, 2.75) is 25.3 Å². The van der Waals surface area contributed by atoms with Crippen LogP contribution in [0.25, 0.3) is 0 Å². The summed E-state index contributed by atoms with van der Waals surface area (Å²) in [6, 6.07) is 19.4. The molecule has 0 aromatic heterocycles. The molecule has 2 saturated heterocycles. The number of piperidine rings is 1. The molecule has 4 heteroatoms. The Morgan fingerprint density at radius 1 is 0.679 bits per heavy atom. The van der Waals surface area contributed by atoms with Crippen molar-refractivity contribution in [2.24, 2.45) is 0 Å². The number of hydrogen-bond donors (Lipinski definition) is 0. The molecule has 3 nitrogen and oxygen atoms in total. The van der Waals surface area contributed by atoms with Crippen LogP contribution in [0.4, 0.5) is 0 Å². The first-order valence-electron chi connectivity index (χ1n) is 10.8. The minimum absolute atomic E-state index is 0.235. The molecule has 0 radical (unpaired) electrons. The molecule has 2 aliphatic heterocycles. The van der Waals surface area contributed by atoms with Crippen LogP contribution >= 0.6 is 11.6 Å². The molecular weight excluding hydrogens is 366 g/mol. The summed E-state index contributed by atoms with van der Waals surface area (Å²) in [5.74, 6) is 0. The van der Waals surface area contributed by atoms with Crippen LogP contribution in [0.5, 0.6) is 0 Å². The second-order valence-corrected chi connectivity index (χ2v) is 8.52. The fourth-order valence-electron chi connectivity index (χ4n) is 4.63. The minimum atomic E-state index is 0.235. The average molecular weight is 398 g/mol. The van der Waals surface area contributed by atoms with Gasteiger partial charge in [-0.25, -0.2) is 0 Å². The monoisotopic (exact) mass is 397 g/mol. The molecule has 0 N–H and O–H groups in total. The van der Waals surface area contributed by atoms with Crippen molar-refractivity contribution in [3.05, 3.63) is 70.7 Å². The van der Waals surface area contributed by atoms with Crippen LogP contribution in [-0.4, -0.2) is 67.1 Å². The third-order valence-electron chi connectivity index (χ3n) is 6.27. The Morgan fingerprint density at radius 2 is 1.29 bits per heavy atom. The molecule has 28 heavy (non-hydrogen) atoms. The maximum absolute atomic E-state index is 6.61. The van der Waals surface area contributed by atoms with Crippen molar-refractivity contribution in [2.75, 3.05) is 52.4 Å². The predicted octanol–water partition coefficient (Wildman–Crippen LogP) is 4.53. The maximum atomic E-state index is 6.61. The summed E-state index contributed by atoms with van der Waals surface area (Å²) in [6.45, 7) is 9.48. The summed E-state index contributed by atoms with van der Waals surface area (Å²) in [6.07, 6.45) is 4.17. The first-order valence-corrected chi connectivity index (χ1v) is 11.2. The lowest BCUT2D eigenvalue weighted by molar-refractivity contribution is 0.0962. The van der Waals surface area contributed by atoms with Gasteiger partial charge in [-0.05, 0) is 43.1 Å². The lowest BCUT2D eigenvalue weighted by Crippen LogP contribution is -2.49. The Bertz CT molecular complexity index is 722. The number of rotatable bonds is 6. The Kier molecular flexibility index (Phi) is 7.03. The van der Waals surface area contributed by atoms with Crippen LogP contribution < -0.4 is 0 Å². The van der Waals surface area contributed by atoms with Gasteiger partial charge in [0.1, 0.15) is 0 Å². The van der Waals surface area contributed by atoms with Gasteiger partial charge in [0.15, 0.2) is 0 Å². The summed E-state index contributed by atoms with van der Waals surface area (Å²) in [5.41, 5.74) is 2.55. The van der Waals surface area contributed by atoms with Gasteiger partial charge in [-0.2, -0.15) is 0 Å². The van der Waals surface area contributed by atoms with E-state index in [0.29, 0.717) is 0 Å². The van der Waals surface area contributed by atoms with Gasteiger partial charge in [0.2, 0.25) is 0 Å². The smallest absolute Gasteiger partial charge is 0.0617 e. The molecule has 0 bridgehead atoms. The second kappa shape index (κ2) is 9.89. The van der Waals surface area contributed by atoms with Crippen LogP contribution in [0.1, 0.15) is 36.4 Å². The SMILES string of the molecule is Clc1ccccc1C(c1ccccc1)N1CCN(CCN2CCCCC2)CC1. The van der Waals surface area contributed by atoms with Gasteiger partial charge in [0, 0.05) is 44.3 Å². The van der Waals surface area contributed by atoms with Crippen LogP contribution in [0.2, 0.25) is 5.02 Å². The fourth-order valence-corrected chi connectivity index (χ4v) is 4.87. The molecule has 2 aliphatic rings. The summed E-state index contributed by atoms with van der Waals surface area (Å²) < 4.78 is 0. The Balaban J connectivity index is 1.40. The van der Waals surface area contributed by atoms with Gasteiger partial charge in [-0.1, -0.05) is 66.6 Å². The minimum Gasteiger partial charge on any atom is -0.302 e. The third kappa shape index (κ3) is 4.96. The Morgan fingerprint density at radius 3 is 1.96 bits per heavy atom. The van der Waals surface area contributed by atoms with E-state index in [1.807, 2.05) is 12.1 Å². The number of benzene rings is 2. The third-order valence-corrected chi connectivity index (χ3v) is 6.61. The van der Waals surface area contributed by atoms with Crippen molar-refractivity contribution in [1.29, 1.82) is 0 Å². The quantitative estimate of drug-likeness (QED) is 0.708. The standard InChI is InChI=1S/C24H32ClN3/c25-23-12-6-5-11-22(23)24(21-9-3-1-4-10-21)28-19-17-27(18-20-28)16-15-26-13-7-2-8-14-26/h1,3-6,9-12,24H,2,7-8,13-20H2. The van der Waals surface area contributed by atoms with E-state index in [1.54, 1.807) is 0 Å². The van der Waals surface area contributed by atoms with E-state index >= 15 is 0 Å². The highest BCUT2D eigenvalue weighted by molar-refractivity contribution is 6.31. The van der Waals surface area contributed by atoms with Crippen molar-refractivity contribution in [3.63, 3.8) is 0 Å². The molecule has 150 valence electrons. The van der Waals surface area contributed by atoms with Gasteiger partial charge < -0.3 is 4.90 Å². The molecular formula is C24H32ClN3. The first kappa shape index (κ1) is 19.9. The molecule has 2 aromatic carbocycles. The highest BCUT2D eigenvalue weighted by Crippen LogP contribution is 2.33. The van der Waals surface area contributed by atoms with E-state index in [2.05, 4.69) is 57.2 Å². The zero-order valence-corrected chi connectivity index (χ0v) is 17.5. The Labute approximate surface area is 174 Å². The lowest BCUT2D eigenvalue weighted by atomic mass is 9.96. The van der Waals surface area contributed by atoms with Gasteiger partial charge in [0.05, 0.1) is 6.04 Å². The lowest BCUT2D eigenvalue weighted by Gasteiger charge is -2.40. The zero-order chi connectivity index (χ0) is 19.2. The number of hydrogen-bond acceptors (Lipinski definition) is 3. The normalized spacial score (nSPS) is 20.9. The summed E-state index contributed by atoms with van der Waals surface area (Å²) in [7, 11) is 0. The van der Waals surface area contributed by atoms with Crippen molar-refractivity contribution in [1.82, 2.24) is 14.7 Å². The van der Waals surface area contributed by atoms with E-state index in [9.17, 15) is 0 Å². The van der Waals surface area contributed by atoms with E-state index < -0.39 is 0 Å². The molecule has 0 spiro atoms. The maximum Gasteiger partial charge on any atom is 0.0617 e. The highest BCUT2D eigenvalue weighted by Gasteiger charge is 2.27. The second-order valence-electron chi connectivity index (χ2n) is 8.11. The van der Waals surface area contributed by atoms with Crippen molar-refractivity contribution in [3.8, 4) is 0 Å². The van der Waals surface area contributed by atoms with E-state index in [-0.39, 0.29) is 6.04 Å². The molecule has 1 unspecified atom stereocenters. The molecule has 2 fully saturated rings.